The first-order chi connectivity index (χ1) is 9.03. The third-order valence-corrected chi connectivity index (χ3v) is 3.83. The van der Waals surface area contributed by atoms with Crippen LogP contribution in [0.1, 0.15) is 38.5 Å². The van der Waals surface area contributed by atoms with Gasteiger partial charge in [0, 0.05) is 6.42 Å². The van der Waals surface area contributed by atoms with E-state index in [1.54, 1.807) is 0 Å². The third kappa shape index (κ3) is 4.56. The van der Waals surface area contributed by atoms with Crippen LogP contribution in [0.2, 0.25) is 0 Å². The summed E-state index contributed by atoms with van der Waals surface area (Å²) in [6, 6.07) is 0. The molecule has 3 N–H and O–H groups in total. The maximum atomic E-state index is 12.2. The number of nitrogens with two attached hydrogens (primary N) is 1. The van der Waals surface area contributed by atoms with Crippen molar-refractivity contribution in [1.82, 2.24) is 4.90 Å². The summed E-state index contributed by atoms with van der Waals surface area (Å²) in [5, 5.41) is 8.80. The molecule has 19 heavy (non-hydrogen) atoms. The van der Waals surface area contributed by atoms with Crippen molar-refractivity contribution in [3.8, 4) is 12.3 Å². The van der Waals surface area contributed by atoms with E-state index in [1.807, 2.05) is 0 Å². The average Bonchev–Trinajstić information content (AvgIpc) is 2.39. The lowest BCUT2D eigenvalue weighted by Crippen LogP contribution is -2.42. The van der Waals surface area contributed by atoms with Gasteiger partial charge < -0.3 is 15.7 Å². The number of rotatable bonds is 6. The number of carbonyl (C=O) groups is 2. The Morgan fingerprint density at radius 1 is 1.32 bits per heavy atom. The lowest BCUT2D eigenvalue weighted by molar-refractivity contribution is -0.145. The van der Waals surface area contributed by atoms with Crippen LogP contribution in [0.4, 0.5) is 0 Å². The first-order valence-corrected chi connectivity index (χ1v) is 6.66. The van der Waals surface area contributed by atoms with Crippen molar-refractivity contribution in [2.75, 3.05) is 19.6 Å². The summed E-state index contributed by atoms with van der Waals surface area (Å²) in [6.07, 6.45) is 10.7. The summed E-state index contributed by atoms with van der Waals surface area (Å²) in [4.78, 5) is 24.2. The fourth-order valence-electron chi connectivity index (χ4n) is 2.69. The molecule has 1 fully saturated rings. The van der Waals surface area contributed by atoms with Gasteiger partial charge in [0.05, 0.1) is 6.54 Å². The van der Waals surface area contributed by atoms with Crippen LogP contribution in [-0.2, 0) is 9.59 Å². The Morgan fingerprint density at radius 2 is 1.95 bits per heavy atom. The standard InChI is InChI=1S/C14H22N2O3/c1-2-8-16(10-13(18)19)12(17)9-14(11-15)6-4-3-5-7-14/h1H,3-11,15H2,(H,18,19). The molecule has 1 aliphatic rings. The molecule has 5 heteroatoms. The molecule has 1 saturated carbocycles. The highest BCUT2D eigenvalue weighted by Crippen LogP contribution is 2.38. The summed E-state index contributed by atoms with van der Waals surface area (Å²) >= 11 is 0. The van der Waals surface area contributed by atoms with Gasteiger partial charge in [-0.15, -0.1) is 6.42 Å². The first kappa shape index (κ1) is 15.5. The number of amides is 1. The normalized spacial score (nSPS) is 17.5. The minimum absolute atomic E-state index is 0.0335. The van der Waals surface area contributed by atoms with Gasteiger partial charge in [0.2, 0.25) is 5.91 Å². The molecule has 5 nitrogen and oxygen atoms in total. The summed E-state index contributed by atoms with van der Waals surface area (Å²) in [5.41, 5.74) is 5.67. The number of carbonyl (C=O) groups excluding carboxylic acids is 1. The van der Waals surface area contributed by atoms with Gasteiger partial charge in [0.25, 0.3) is 0 Å². The largest absolute Gasteiger partial charge is 0.480 e. The zero-order valence-corrected chi connectivity index (χ0v) is 11.2. The summed E-state index contributed by atoms with van der Waals surface area (Å²) in [6.45, 7) is 0.158. The van der Waals surface area contributed by atoms with Crippen molar-refractivity contribution >= 4 is 11.9 Å². The molecule has 0 aromatic rings. The van der Waals surface area contributed by atoms with E-state index in [1.165, 1.54) is 11.3 Å². The van der Waals surface area contributed by atoms with Crippen LogP contribution in [0.3, 0.4) is 0 Å². The van der Waals surface area contributed by atoms with Crippen LogP contribution in [0.5, 0.6) is 0 Å². The molecule has 1 aliphatic carbocycles. The molecule has 0 bridgehead atoms. The molecule has 0 aliphatic heterocycles. The van der Waals surface area contributed by atoms with E-state index < -0.39 is 5.97 Å². The van der Waals surface area contributed by atoms with Crippen molar-refractivity contribution < 1.29 is 14.7 Å². The Labute approximate surface area is 114 Å². The summed E-state index contributed by atoms with van der Waals surface area (Å²) in [5.74, 6) is 1.08. The molecule has 0 aromatic carbocycles. The zero-order valence-electron chi connectivity index (χ0n) is 11.2. The van der Waals surface area contributed by atoms with Gasteiger partial charge in [-0.25, -0.2) is 0 Å². The molecular formula is C14H22N2O3. The highest BCUT2D eigenvalue weighted by molar-refractivity contribution is 5.82. The van der Waals surface area contributed by atoms with Gasteiger partial charge in [0.15, 0.2) is 0 Å². The van der Waals surface area contributed by atoms with Crippen molar-refractivity contribution in [3.05, 3.63) is 0 Å². The Morgan fingerprint density at radius 3 is 2.42 bits per heavy atom. The van der Waals surface area contributed by atoms with Crippen LogP contribution in [-0.4, -0.2) is 41.5 Å². The molecule has 0 saturated heterocycles. The molecule has 0 radical (unpaired) electrons. The highest BCUT2D eigenvalue weighted by atomic mass is 16.4. The lowest BCUT2D eigenvalue weighted by Gasteiger charge is -2.36. The van der Waals surface area contributed by atoms with Crippen LogP contribution in [0.15, 0.2) is 0 Å². The van der Waals surface area contributed by atoms with E-state index in [0.29, 0.717) is 13.0 Å². The minimum Gasteiger partial charge on any atom is -0.480 e. The van der Waals surface area contributed by atoms with E-state index in [-0.39, 0.29) is 24.4 Å². The molecule has 0 atom stereocenters. The molecule has 0 heterocycles. The molecule has 106 valence electrons. The number of aliphatic carboxylic acids is 1. The van der Waals surface area contributed by atoms with Gasteiger partial charge in [0.1, 0.15) is 6.54 Å². The molecule has 0 aromatic heterocycles. The second-order valence-corrected chi connectivity index (χ2v) is 5.29. The zero-order chi connectivity index (χ0) is 14.3. The predicted octanol–water partition coefficient (Wildman–Crippen LogP) is 0.832. The molecule has 0 spiro atoms. The van der Waals surface area contributed by atoms with Gasteiger partial charge in [-0.1, -0.05) is 25.2 Å². The highest BCUT2D eigenvalue weighted by Gasteiger charge is 2.34. The van der Waals surface area contributed by atoms with Gasteiger partial charge in [-0.2, -0.15) is 0 Å². The maximum Gasteiger partial charge on any atom is 0.323 e. The van der Waals surface area contributed by atoms with E-state index in [0.717, 1.165) is 25.7 Å². The van der Waals surface area contributed by atoms with Crippen LogP contribution >= 0.6 is 0 Å². The van der Waals surface area contributed by atoms with Crippen LogP contribution in [0.25, 0.3) is 0 Å². The second-order valence-electron chi connectivity index (χ2n) is 5.29. The van der Waals surface area contributed by atoms with E-state index in [4.69, 9.17) is 17.3 Å². The Balaban J connectivity index is 2.68. The minimum atomic E-state index is -1.05. The van der Waals surface area contributed by atoms with E-state index in [9.17, 15) is 9.59 Å². The summed E-state index contributed by atoms with van der Waals surface area (Å²) in [7, 11) is 0. The van der Waals surface area contributed by atoms with Crippen molar-refractivity contribution in [1.29, 1.82) is 0 Å². The molecule has 1 rings (SSSR count). The van der Waals surface area contributed by atoms with Gasteiger partial charge >= 0.3 is 5.97 Å². The quantitative estimate of drug-likeness (QED) is 0.698. The number of terminal acetylenes is 1. The van der Waals surface area contributed by atoms with Gasteiger partial charge in [-0.05, 0) is 24.8 Å². The molecule has 1 amide bonds. The van der Waals surface area contributed by atoms with Crippen molar-refractivity contribution in [3.63, 3.8) is 0 Å². The van der Waals surface area contributed by atoms with Crippen molar-refractivity contribution in [2.24, 2.45) is 11.1 Å². The van der Waals surface area contributed by atoms with Crippen LogP contribution < -0.4 is 5.73 Å². The summed E-state index contributed by atoms with van der Waals surface area (Å²) < 4.78 is 0. The topological polar surface area (TPSA) is 83.6 Å². The van der Waals surface area contributed by atoms with Gasteiger partial charge in [-0.3, -0.25) is 9.59 Å². The van der Waals surface area contributed by atoms with E-state index in [2.05, 4.69) is 5.92 Å². The monoisotopic (exact) mass is 266 g/mol. The predicted molar refractivity (Wildman–Crippen MR) is 72.2 cm³/mol. The number of hydrogen-bond acceptors (Lipinski definition) is 3. The van der Waals surface area contributed by atoms with E-state index >= 15 is 0 Å². The third-order valence-electron chi connectivity index (χ3n) is 3.83. The molecule has 0 unspecified atom stereocenters. The number of carboxylic acids is 1. The van der Waals surface area contributed by atoms with Crippen LogP contribution in [0, 0.1) is 17.8 Å². The first-order valence-electron chi connectivity index (χ1n) is 6.66. The Hall–Kier alpha value is -1.54. The SMILES string of the molecule is C#CCN(CC(=O)O)C(=O)CC1(CN)CCCCC1. The second kappa shape index (κ2) is 7.15. The fraction of sp³-hybridized carbons (Fsp3) is 0.714. The average molecular weight is 266 g/mol. The van der Waals surface area contributed by atoms with Crippen molar-refractivity contribution in [2.45, 2.75) is 38.5 Å². The number of hydrogen-bond donors (Lipinski definition) is 2. The Kier molecular flexibility index (Phi) is 5.84. The lowest BCUT2D eigenvalue weighted by atomic mass is 9.71. The Bertz CT molecular complexity index is 367. The maximum absolute atomic E-state index is 12.2. The smallest absolute Gasteiger partial charge is 0.323 e. The fourth-order valence-corrected chi connectivity index (χ4v) is 2.69. The molecular weight excluding hydrogens is 244 g/mol. The number of carboxylic acid groups (broad SMARTS) is 1. The number of nitrogens with zero attached hydrogens (tertiary/aromatic N) is 1.